The maximum Gasteiger partial charge on any atom is 0.254 e. The van der Waals surface area contributed by atoms with Gasteiger partial charge in [0.25, 0.3) is 5.91 Å². The lowest BCUT2D eigenvalue weighted by atomic mass is 10.2. The van der Waals surface area contributed by atoms with Crippen molar-refractivity contribution in [2.75, 3.05) is 19.8 Å². The van der Waals surface area contributed by atoms with Gasteiger partial charge in [-0.1, -0.05) is 6.07 Å². The van der Waals surface area contributed by atoms with Gasteiger partial charge in [0.15, 0.2) is 0 Å². The molecule has 0 bridgehead atoms. The molecule has 3 aliphatic rings. The van der Waals surface area contributed by atoms with E-state index in [0.717, 1.165) is 43.3 Å². The topological polar surface area (TPSA) is 47.7 Å². The van der Waals surface area contributed by atoms with E-state index in [0.29, 0.717) is 12.1 Å². The van der Waals surface area contributed by atoms with Crippen LogP contribution < -0.4 is 5.32 Å². The minimum absolute atomic E-state index is 0.124. The van der Waals surface area contributed by atoms with Crippen molar-refractivity contribution in [2.24, 2.45) is 4.99 Å². The van der Waals surface area contributed by atoms with Crippen LogP contribution in [0.25, 0.3) is 0 Å². The van der Waals surface area contributed by atoms with Gasteiger partial charge in [-0.15, -0.1) is 0 Å². The molecule has 1 aromatic rings. The molecule has 1 N–H and O–H groups in total. The summed E-state index contributed by atoms with van der Waals surface area (Å²) in [6.07, 6.45) is 3.50. The average molecular weight is 298 g/mol. The number of carbonyl (C=O) groups excluding carboxylic acids is 1. The van der Waals surface area contributed by atoms with E-state index in [2.05, 4.69) is 17.1 Å². The zero-order valence-corrected chi connectivity index (χ0v) is 13.0. The van der Waals surface area contributed by atoms with Gasteiger partial charge in [-0.2, -0.15) is 0 Å². The first-order chi connectivity index (χ1) is 10.7. The summed E-state index contributed by atoms with van der Waals surface area (Å²) in [4.78, 5) is 21.4. The first-order valence-corrected chi connectivity index (χ1v) is 8.18. The van der Waals surface area contributed by atoms with Crippen LogP contribution in [0.3, 0.4) is 0 Å². The summed E-state index contributed by atoms with van der Waals surface area (Å²) in [5.74, 6) is 1.28. The second-order valence-corrected chi connectivity index (χ2v) is 6.49. The standard InChI is InChI=1S/C17H22N4O/c1-12-10-20(12)17(22)13-3-2-4-14(9-13)19-16-7-8-18-11-21(16)15-5-6-15/h2-4,9,12,15,18H,5-8,10-11H2,1H3. The van der Waals surface area contributed by atoms with Crippen LogP contribution in [0.15, 0.2) is 29.3 Å². The number of rotatable bonds is 3. The van der Waals surface area contributed by atoms with Crippen molar-refractivity contribution in [2.45, 2.75) is 38.3 Å². The Kier molecular flexibility index (Phi) is 3.37. The van der Waals surface area contributed by atoms with E-state index in [1.807, 2.05) is 29.2 Å². The van der Waals surface area contributed by atoms with Crippen molar-refractivity contribution in [3.63, 3.8) is 0 Å². The average Bonchev–Trinajstić information content (AvgIpc) is 3.44. The van der Waals surface area contributed by atoms with Gasteiger partial charge < -0.3 is 9.80 Å². The Bertz CT molecular complexity index is 623. The lowest BCUT2D eigenvalue weighted by Gasteiger charge is -2.31. The smallest absolute Gasteiger partial charge is 0.254 e. The molecule has 1 amide bonds. The minimum atomic E-state index is 0.124. The third-order valence-electron chi connectivity index (χ3n) is 4.60. The zero-order chi connectivity index (χ0) is 15.1. The van der Waals surface area contributed by atoms with Crippen molar-refractivity contribution < 1.29 is 4.79 Å². The van der Waals surface area contributed by atoms with Crippen molar-refractivity contribution >= 4 is 17.4 Å². The fourth-order valence-electron chi connectivity index (χ4n) is 3.02. The molecule has 1 saturated carbocycles. The highest BCUT2D eigenvalue weighted by molar-refractivity contribution is 5.97. The van der Waals surface area contributed by atoms with Crippen LogP contribution in [0.4, 0.5) is 5.69 Å². The fraction of sp³-hybridized carbons (Fsp3) is 0.529. The van der Waals surface area contributed by atoms with Crippen molar-refractivity contribution in [1.29, 1.82) is 0 Å². The predicted octanol–water partition coefficient (Wildman–Crippen LogP) is 1.98. The number of carbonyl (C=O) groups is 1. The Morgan fingerprint density at radius 1 is 1.36 bits per heavy atom. The van der Waals surface area contributed by atoms with Crippen LogP contribution >= 0.6 is 0 Å². The number of amides is 1. The molecule has 2 heterocycles. The van der Waals surface area contributed by atoms with Crippen molar-refractivity contribution in [3.8, 4) is 0 Å². The van der Waals surface area contributed by atoms with E-state index in [9.17, 15) is 4.79 Å². The fourth-order valence-corrected chi connectivity index (χ4v) is 3.02. The Morgan fingerprint density at radius 2 is 2.18 bits per heavy atom. The Morgan fingerprint density at radius 3 is 2.91 bits per heavy atom. The zero-order valence-electron chi connectivity index (χ0n) is 13.0. The molecule has 1 aromatic carbocycles. The Labute approximate surface area is 131 Å². The molecule has 3 fully saturated rings. The second kappa shape index (κ2) is 5.39. The van der Waals surface area contributed by atoms with Gasteiger partial charge in [0.1, 0.15) is 5.84 Å². The molecule has 0 spiro atoms. The van der Waals surface area contributed by atoms with E-state index < -0.39 is 0 Å². The van der Waals surface area contributed by atoms with Crippen LogP contribution in [-0.4, -0.2) is 53.4 Å². The molecule has 5 nitrogen and oxygen atoms in total. The number of amidine groups is 1. The lowest BCUT2D eigenvalue weighted by Crippen LogP contribution is -2.46. The van der Waals surface area contributed by atoms with Crippen molar-refractivity contribution in [3.05, 3.63) is 29.8 Å². The lowest BCUT2D eigenvalue weighted by molar-refractivity contribution is 0.0876. The predicted molar refractivity (Wildman–Crippen MR) is 86.4 cm³/mol. The molecule has 1 aliphatic carbocycles. The summed E-state index contributed by atoms with van der Waals surface area (Å²) in [6.45, 7) is 4.82. The van der Waals surface area contributed by atoms with Gasteiger partial charge >= 0.3 is 0 Å². The maximum absolute atomic E-state index is 12.3. The third kappa shape index (κ3) is 2.73. The maximum atomic E-state index is 12.3. The van der Waals surface area contributed by atoms with Crippen molar-refractivity contribution in [1.82, 2.24) is 15.1 Å². The van der Waals surface area contributed by atoms with Gasteiger partial charge in [0.2, 0.25) is 0 Å². The Balaban J connectivity index is 1.56. The number of hydrogen-bond acceptors (Lipinski definition) is 3. The molecule has 1 unspecified atom stereocenters. The van der Waals surface area contributed by atoms with E-state index in [1.165, 1.54) is 12.8 Å². The molecule has 116 valence electrons. The molecule has 22 heavy (non-hydrogen) atoms. The minimum Gasteiger partial charge on any atom is -0.344 e. The largest absolute Gasteiger partial charge is 0.344 e. The van der Waals surface area contributed by atoms with E-state index in [4.69, 9.17) is 4.99 Å². The summed E-state index contributed by atoms with van der Waals surface area (Å²) < 4.78 is 0. The summed E-state index contributed by atoms with van der Waals surface area (Å²) in [7, 11) is 0. The number of hydrogen-bond donors (Lipinski definition) is 1. The molecular weight excluding hydrogens is 276 g/mol. The quantitative estimate of drug-likeness (QED) is 0.868. The SMILES string of the molecule is CC1CN1C(=O)c1cccc(N=C2CCNCN2C2CC2)c1. The van der Waals surface area contributed by atoms with Gasteiger partial charge in [-0.05, 0) is 38.0 Å². The molecule has 0 radical (unpaired) electrons. The summed E-state index contributed by atoms with van der Waals surface area (Å²) in [5.41, 5.74) is 1.64. The number of nitrogens with one attached hydrogen (secondary N) is 1. The molecular formula is C17H22N4O. The van der Waals surface area contributed by atoms with Gasteiger partial charge in [0, 0.05) is 37.2 Å². The summed E-state index contributed by atoms with van der Waals surface area (Å²) >= 11 is 0. The van der Waals surface area contributed by atoms with Crippen LogP contribution in [0.5, 0.6) is 0 Å². The van der Waals surface area contributed by atoms with Gasteiger partial charge in [-0.3, -0.25) is 10.1 Å². The molecule has 2 aliphatic heterocycles. The second-order valence-electron chi connectivity index (χ2n) is 6.49. The van der Waals surface area contributed by atoms with Crippen LogP contribution in [-0.2, 0) is 0 Å². The van der Waals surface area contributed by atoms with E-state index >= 15 is 0 Å². The molecule has 5 heteroatoms. The van der Waals surface area contributed by atoms with Crippen LogP contribution in [0.2, 0.25) is 0 Å². The molecule has 0 aromatic heterocycles. The monoisotopic (exact) mass is 298 g/mol. The number of nitrogens with zero attached hydrogens (tertiary/aromatic N) is 3. The summed E-state index contributed by atoms with van der Waals surface area (Å²) in [5, 5.41) is 3.41. The molecule has 4 rings (SSSR count). The number of aliphatic imine (C=N–C) groups is 1. The van der Waals surface area contributed by atoms with E-state index in [1.54, 1.807) is 0 Å². The molecule has 1 atom stereocenters. The highest BCUT2D eigenvalue weighted by Crippen LogP contribution is 2.29. The van der Waals surface area contributed by atoms with Crippen LogP contribution in [0.1, 0.15) is 36.5 Å². The molecule has 2 saturated heterocycles. The van der Waals surface area contributed by atoms with Gasteiger partial charge in [-0.25, -0.2) is 4.99 Å². The Hall–Kier alpha value is -1.88. The highest BCUT2D eigenvalue weighted by Gasteiger charge is 2.35. The first kappa shape index (κ1) is 13.8. The van der Waals surface area contributed by atoms with E-state index in [-0.39, 0.29) is 5.91 Å². The summed E-state index contributed by atoms with van der Waals surface area (Å²) in [6, 6.07) is 8.78. The third-order valence-corrected chi connectivity index (χ3v) is 4.60. The van der Waals surface area contributed by atoms with Gasteiger partial charge in [0.05, 0.1) is 12.4 Å². The normalized spacial score (nSPS) is 26.4. The highest BCUT2D eigenvalue weighted by atomic mass is 16.2. The van der Waals surface area contributed by atoms with Crippen LogP contribution in [0, 0.1) is 0 Å². The first-order valence-electron chi connectivity index (χ1n) is 8.18. The number of benzene rings is 1.